The van der Waals surface area contributed by atoms with Crippen molar-refractivity contribution < 1.29 is 33.3 Å². The van der Waals surface area contributed by atoms with Crippen LogP contribution in [0.2, 0.25) is 0 Å². The number of hydrogen-bond acceptors (Lipinski definition) is 8. The summed E-state index contributed by atoms with van der Waals surface area (Å²) < 4.78 is 22.1. The summed E-state index contributed by atoms with van der Waals surface area (Å²) in [7, 11) is 1.43. The van der Waals surface area contributed by atoms with Crippen molar-refractivity contribution in [3.8, 4) is 11.5 Å². The third-order valence-electron chi connectivity index (χ3n) is 7.77. The minimum Gasteiger partial charge on any atom is -0.493 e. The van der Waals surface area contributed by atoms with Gasteiger partial charge in [0, 0.05) is 12.3 Å². The van der Waals surface area contributed by atoms with Gasteiger partial charge in [-0.1, -0.05) is 70.9 Å². The molecule has 2 aromatic rings. The number of methoxy groups -OCH3 is 1. The zero-order valence-electron chi connectivity index (χ0n) is 25.8. The molecule has 4 atom stereocenters. The van der Waals surface area contributed by atoms with Crippen molar-refractivity contribution in [1.82, 2.24) is 10.3 Å². The molecule has 9 nitrogen and oxygen atoms in total. The maximum Gasteiger partial charge on any atom is 0.328 e. The van der Waals surface area contributed by atoms with E-state index in [4.69, 9.17) is 18.9 Å². The van der Waals surface area contributed by atoms with E-state index in [9.17, 15) is 14.4 Å². The van der Waals surface area contributed by atoms with Crippen LogP contribution < -0.4 is 14.8 Å². The van der Waals surface area contributed by atoms with Crippen LogP contribution in [0.3, 0.4) is 0 Å². The van der Waals surface area contributed by atoms with E-state index in [0.29, 0.717) is 18.3 Å². The average Bonchev–Trinajstić information content (AvgIpc) is 3.00. The number of carbonyl (C=O) groups is 3. The van der Waals surface area contributed by atoms with Crippen LogP contribution in [-0.2, 0) is 25.5 Å². The molecule has 0 aliphatic carbocycles. The normalized spacial score (nSPS) is 21.1. The second-order valence-corrected chi connectivity index (χ2v) is 11.8. The molecule has 0 radical (unpaired) electrons. The van der Waals surface area contributed by atoms with Crippen LogP contribution in [0.5, 0.6) is 11.5 Å². The van der Waals surface area contributed by atoms with Crippen LogP contribution in [-0.4, -0.2) is 48.9 Å². The average molecular weight is 583 g/mol. The highest BCUT2D eigenvalue weighted by atomic mass is 16.7. The number of aromatic nitrogens is 1. The van der Waals surface area contributed by atoms with E-state index in [1.165, 1.54) is 24.9 Å². The minimum atomic E-state index is -0.846. The molecular weight excluding hydrogens is 536 g/mol. The van der Waals surface area contributed by atoms with E-state index in [1.54, 1.807) is 13.8 Å². The molecule has 2 heterocycles. The summed E-state index contributed by atoms with van der Waals surface area (Å²) in [4.78, 5) is 42.9. The zero-order valence-corrected chi connectivity index (χ0v) is 25.8. The Labute approximate surface area is 249 Å². The fourth-order valence-electron chi connectivity index (χ4n) is 5.38. The maximum absolute atomic E-state index is 13.4. The van der Waals surface area contributed by atoms with Crippen molar-refractivity contribution in [2.45, 2.75) is 85.3 Å². The first-order chi connectivity index (χ1) is 20.1. The number of carbonyl (C=O) groups excluding carboxylic acids is 3. The monoisotopic (exact) mass is 582 g/mol. The number of amides is 1. The number of ether oxygens (including phenoxy) is 4. The Hall–Kier alpha value is -3.62. The predicted molar refractivity (Wildman–Crippen MR) is 159 cm³/mol. The van der Waals surface area contributed by atoms with E-state index < -0.39 is 30.7 Å². The lowest BCUT2D eigenvalue weighted by Gasteiger charge is -2.32. The summed E-state index contributed by atoms with van der Waals surface area (Å²) in [6, 6.07) is 11.1. The molecule has 0 saturated carbocycles. The molecule has 9 heteroatoms. The number of cyclic esters (lactones) is 1. The van der Waals surface area contributed by atoms with Gasteiger partial charge in [-0.05, 0) is 55.9 Å². The Morgan fingerprint density at radius 3 is 2.50 bits per heavy atom. The molecular formula is C33H46N2O7. The van der Waals surface area contributed by atoms with Crippen molar-refractivity contribution in [2.24, 2.45) is 23.7 Å². The molecule has 4 unspecified atom stereocenters. The second kappa shape index (κ2) is 16.1. The smallest absolute Gasteiger partial charge is 0.328 e. The van der Waals surface area contributed by atoms with E-state index in [0.717, 1.165) is 32.1 Å². The standard InChI is InChI=1S/C33H46N2O7/c1-21(2)15-16-26-23(5)42-33(38)27(14-10-13-25(26)19-24-11-8-7-9-12-24)35-31(36)29-30(28(39-6)17-18-34-29)40-20-41-32(37)22(3)4/h7-9,11-12,17-18,21-23,25-27H,10,13-16,19-20H2,1-6H3,(H,35,36). The first kappa shape index (κ1) is 32.9. The first-order valence-electron chi connectivity index (χ1n) is 15.0. The van der Waals surface area contributed by atoms with E-state index in [2.05, 4.69) is 48.4 Å². The second-order valence-electron chi connectivity index (χ2n) is 11.8. The van der Waals surface area contributed by atoms with Gasteiger partial charge < -0.3 is 24.3 Å². The highest BCUT2D eigenvalue weighted by Gasteiger charge is 2.35. The molecule has 1 N–H and O–H groups in total. The van der Waals surface area contributed by atoms with Crippen LogP contribution in [0.4, 0.5) is 0 Å². The molecule has 1 aromatic heterocycles. The fraction of sp³-hybridized carbons (Fsp3) is 0.576. The van der Waals surface area contributed by atoms with Gasteiger partial charge in [0.1, 0.15) is 12.1 Å². The quantitative estimate of drug-likeness (QED) is 0.249. The molecule has 42 heavy (non-hydrogen) atoms. The number of benzene rings is 1. The lowest BCUT2D eigenvalue weighted by molar-refractivity contribution is -0.155. The lowest BCUT2D eigenvalue weighted by atomic mass is 9.77. The molecule has 1 aliphatic heterocycles. The number of nitrogens with zero attached hydrogens (tertiary/aromatic N) is 1. The van der Waals surface area contributed by atoms with Gasteiger partial charge in [0.2, 0.25) is 6.79 Å². The number of rotatable bonds is 12. The molecule has 1 aromatic carbocycles. The third kappa shape index (κ3) is 9.46. The van der Waals surface area contributed by atoms with Crippen LogP contribution in [0.1, 0.15) is 82.8 Å². The Kier molecular flexibility index (Phi) is 12.6. The van der Waals surface area contributed by atoms with Crippen molar-refractivity contribution in [3.05, 3.63) is 53.9 Å². The molecule has 1 saturated heterocycles. The van der Waals surface area contributed by atoms with E-state index in [1.807, 2.05) is 13.0 Å². The summed E-state index contributed by atoms with van der Waals surface area (Å²) in [5, 5.41) is 2.82. The van der Waals surface area contributed by atoms with E-state index in [-0.39, 0.29) is 35.1 Å². The summed E-state index contributed by atoms with van der Waals surface area (Å²) in [5.41, 5.74) is 1.20. The summed E-state index contributed by atoms with van der Waals surface area (Å²) in [5.74, 6) is -0.465. The van der Waals surface area contributed by atoms with Crippen molar-refractivity contribution >= 4 is 17.8 Å². The van der Waals surface area contributed by atoms with Crippen molar-refractivity contribution in [3.63, 3.8) is 0 Å². The van der Waals surface area contributed by atoms with Gasteiger partial charge in [-0.25, -0.2) is 9.78 Å². The summed E-state index contributed by atoms with van der Waals surface area (Å²) in [6.07, 6.45) is 6.15. The Bertz CT molecular complexity index is 1170. The fourth-order valence-corrected chi connectivity index (χ4v) is 5.38. The van der Waals surface area contributed by atoms with Crippen LogP contribution in [0.15, 0.2) is 42.6 Å². The van der Waals surface area contributed by atoms with Crippen LogP contribution >= 0.6 is 0 Å². The molecule has 0 spiro atoms. The van der Waals surface area contributed by atoms with Gasteiger partial charge in [-0.15, -0.1) is 0 Å². The number of pyridine rings is 1. The molecule has 1 aliphatic rings. The molecule has 0 bridgehead atoms. The number of nitrogens with one attached hydrogen (secondary N) is 1. The Balaban J connectivity index is 1.77. The highest BCUT2D eigenvalue weighted by molar-refractivity contribution is 5.98. The third-order valence-corrected chi connectivity index (χ3v) is 7.77. The van der Waals surface area contributed by atoms with Crippen molar-refractivity contribution in [1.29, 1.82) is 0 Å². The largest absolute Gasteiger partial charge is 0.493 e. The van der Waals surface area contributed by atoms with Crippen molar-refractivity contribution in [2.75, 3.05) is 13.9 Å². The summed E-state index contributed by atoms with van der Waals surface area (Å²) in [6.45, 7) is 9.39. The predicted octanol–water partition coefficient (Wildman–Crippen LogP) is 5.75. The van der Waals surface area contributed by atoms with Gasteiger partial charge >= 0.3 is 11.9 Å². The lowest BCUT2D eigenvalue weighted by Crippen LogP contribution is -2.43. The maximum atomic E-state index is 13.4. The van der Waals surface area contributed by atoms with E-state index >= 15 is 0 Å². The van der Waals surface area contributed by atoms with Gasteiger partial charge in [0.05, 0.1) is 13.0 Å². The highest BCUT2D eigenvalue weighted by Crippen LogP contribution is 2.34. The number of hydrogen-bond donors (Lipinski definition) is 1. The molecule has 230 valence electrons. The molecule has 1 amide bonds. The molecule has 3 rings (SSSR count). The zero-order chi connectivity index (χ0) is 30.6. The minimum absolute atomic E-state index is 0.0236. The molecule has 1 fully saturated rings. The van der Waals surface area contributed by atoms with Gasteiger partial charge in [-0.2, -0.15) is 0 Å². The van der Waals surface area contributed by atoms with Gasteiger partial charge in [0.15, 0.2) is 17.2 Å². The summed E-state index contributed by atoms with van der Waals surface area (Å²) >= 11 is 0. The first-order valence-corrected chi connectivity index (χ1v) is 15.0. The SMILES string of the molecule is COc1ccnc(C(=O)NC2CCCC(Cc3ccccc3)C(CCC(C)C)C(C)OC2=O)c1OCOC(=O)C(C)C. The topological polar surface area (TPSA) is 113 Å². The van der Waals surface area contributed by atoms with Crippen LogP contribution in [0.25, 0.3) is 0 Å². The van der Waals surface area contributed by atoms with Crippen LogP contribution in [0, 0.1) is 23.7 Å². The Morgan fingerprint density at radius 1 is 1.10 bits per heavy atom. The van der Waals surface area contributed by atoms with Gasteiger partial charge in [-0.3, -0.25) is 9.59 Å². The Morgan fingerprint density at radius 2 is 1.83 bits per heavy atom. The van der Waals surface area contributed by atoms with Gasteiger partial charge in [0.25, 0.3) is 5.91 Å². The number of esters is 2.